The number of ether oxygens (including phenoxy) is 1. The van der Waals surface area contributed by atoms with Crippen molar-refractivity contribution in [3.8, 4) is 16.9 Å². The molecule has 4 aromatic rings. The molecule has 4 aromatic carbocycles. The van der Waals surface area contributed by atoms with E-state index in [9.17, 15) is 4.79 Å². The molecule has 6 rings (SSSR count). The Bertz CT molecular complexity index is 1530. The molecule has 0 amide bonds. The molecule has 0 atom stereocenters. The highest BCUT2D eigenvalue weighted by molar-refractivity contribution is 5.87. The number of nitrogens with zero attached hydrogens (tertiary/aromatic N) is 3. The first kappa shape index (κ1) is 28.8. The second kappa shape index (κ2) is 13.3. The Hall–Kier alpha value is -4.33. The molecule has 0 unspecified atom stereocenters. The first-order chi connectivity index (χ1) is 21.1. The zero-order chi connectivity index (χ0) is 29.6. The summed E-state index contributed by atoms with van der Waals surface area (Å²) in [5.74, 6) is 0.819. The third-order valence-electron chi connectivity index (χ3n) is 8.75. The standard InChI is InChI=1S/C36H41N5O2/c1-39-19-21-41(22-20-39)31-15-17-40(18-16-31)32-12-14-34(36(25-32)43-2)38-30-11-13-33(28-8-6-7-27(23-28)26-42)35(24-30)37-29-9-4-3-5-10-29/h3-14,23-26,31,37-38H,15-22H2,1-2H3. The lowest BCUT2D eigenvalue weighted by atomic mass is 10.0. The SMILES string of the molecule is COc1cc(N2CCC(N3CCN(C)CC3)CC2)ccc1Nc1ccc(-c2cccc(C=O)c2)c(Nc2ccccc2)c1. The zero-order valence-corrected chi connectivity index (χ0v) is 25.1. The van der Waals surface area contributed by atoms with Crippen molar-refractivity contribution in [3.05, 3.63) is 96.6 Å². The number of rotatable bonds is 9. The maximum atomic E-state index is 11.5. The summed E-state index contributed by atoms with van der Waals surface area (Å²) in [4.78, 5) is 19.1. The molecule has 7 heteroatoms. The van der Waals surface area contributed by atoms with E-state index in [1.165, 1.54) is 44.7 Å². The number of anilines is 5. The van der Waals surface area contributed by atoms with E-state index in [1.54, 1.807) is 7.11 Å². The van der Waals surface area contributed by atoms with Gasteiger partial charge in [-0.15, -0.1) is 0 Å². The Morgan fingerprint density at radius 3 is 2.26 bits per heavy atom. The van der Waals surface area contributed by atoms with E-state index in [0.29, 0.717) is 11.6 Å². The molecule has 2 heterocycles. The summed E-state index contributed by atoms with van der Waals surface area (Å²) in [6.07, 6.45) is 3.28. The van der Waals surface area contributed by atoms with Gasteiger partial charge in [0, 0.05) is 85.3 Å². The lowest BCUT2D eigenvalue weighted by molar-refractivity contribution is 0.0982. The van der Waals surface area contributed by atoms with Gasteiger partial charge >= 0.3 is 0 Å². The van der Waals surface area contributed by atoms with Gasteiger partial charge in [0.1, 0.15) is 12.0 Å². The molecule has 0 radical (unpaired) electrons. The highest BCUT2D eigenvalue weighted by Gasteiger charge is 2.27. The maximum absolute atomic E-state index is 11.5. The van der Waals surface area contributed by atoms with Gasteiger partial charge in [-0.2, -0.15) is 0 Å². The van der Waals surface area contributed by atoms with Crippen LogP contribution in [0.5, 0.6) is 5.75 Å². The Morgan fingerprint density at radius 1 is 0.744 bits per heavy atom. The number of likely N-dealkylation sites (N-methyl/N-ethyl adjacent to an activating group) is 1. The van der Waals surface area contributed by atoms with Gasteiger partial charge in [0.2, 0.25) is 0 Å². The molecule has 0 spiro atoms. The molecule has 0 aliphatic carbocycles. The van der Waals surface area contributed by atoms with E-state index in [1.807, 2.05) is 54.6 Å². The van der Waals surface area contributed by atoms with E-state index in [4.69, 9.17) is 4.74 Å². The predicted octanol–water partition coefficient (Wildman–Crippen LogP) is 6.88. The number of methoxy groups -OCH3 is 1. The quantitative estimate of drug-likeness (QED) is 0.211. The fraction of sp³-hybridized carbons (Fsp3) is 0.306. The van der Waals surface area contributed by atoms with Crippen LogP contribution in [0.4, 0.5) is 28.4 Å². The molecule has 2 N–H and O–H groups in total. The molecule has 0 aromatic heterocycles. The summed E-state index contributed by atoms with van der Waals surface area (Å²) in [7, 11) is 3.95. The van der Waals surface area contributed by atoms with E-state index in [0.717, 1.165) is 59.0 Å². The minimum atomic E-state index is 0.652. The summed E-state index contributed by atoms with van der Waals surface area (Å²) < 4.78 is 5.87. The fourth-order valence-electron chi connectivity index (χ4n) is 6.25. The van der Waals surface area contributed by atoms with Crippen molar-refractivity contribution in [1.82, 2.24) is 9.80 Å². The molecular weight excluding hydrogens is 534 g/mol. The zero-order valence-electron chi connectivity index (χ0n) is 25.1. The summed E-state index contributed by atoms with van der Waals surface area (Å²) in [6, 6.07) is 31.2. The average molecular weight is 576 g/mol. The highest BCUT2D eigenvalue weighted by Crippen LogP contribution is 2.37. The van der Waals surface area contributed by atoms with Crippen LogP contribution in [-0.2, 0) is 0 Å². The number of piperazine rings is 1. The van der Waals surface area contributed by atoms with Crippen molar-refractivity contribution < 1.29 is 9.53 Å². The molecule has 0 saturated carbocycles. The van der Waals surface area contributed by atoms with Crippen LogP contribution >= 0.6 is 0 Å². The number of hydrogen-bond acceptors (Lipinski definition) is 7. The van der Waals surface area contributed by atoms with E-state index < -0.39 is 0 Å². The minimum absolute atomic E-state index is 0.652. The van der Waals surface area contributed by atoms with Crippen LogP contribution < -0.4 is 20.3 Å². The number of carbonyl (C=O) groups excluding carboxylic acids is 1. The van der Waals surface area contributed by atoms with Crippen molar-refractivity contribution in [3.63, 3.8) is 0 Å². The minimum Gasteiger partial charge on any atom is -0.494 e. The summed E-state index contributed by atoms with van der Waals surface area (Å²) in [5.41, 5.74) is 7.64. The normalized spacial score (nSPS) is 16.6. The molecule has 2 aliphatic heterocycles. The van der Waals surface area contributed by atoms with Gasteiger partial charge in [0.15, 0.2) is 0 Å². The number of nitrogens with one attached hydrogen (secondary N) is 2. The molecular formula is C36H41N5O2. The first-order valence-corrected chi connectivity index (χ1v) is 15.2. The second-order valence-electron chi connectivity index (χ2n) is 11.6. The van der Waals surface area contributed by atoms with Crippen LogP contribution in [0, 0.1) is 0 Å². The van der Waals surface area contributed by atoms with Crippen molar-refractivity contribution in [2.45, 2.75) is 18.9 Å². The number of hydrogen-bond donors (Lipinski definition) is 2. The van der Waals surface area contributed by atoms with Crippen molar-refractivity contribution in [1.29, 1.82) is 0 Å². The van der Waals surface area contributed by atoms with Crippen molar-refractivity contribution in [2.75, 3.05) is 69.0 Å². The van der Waals surface area contributed by atoms with Crippen LogP contribution in [0.2, 0.25) is 0 Å². The summed E-state index contributed by atoms with van der Waals surface area (Å²) in [6.45, 7) is 6.84. The molecule has 43 heavy (non-hydrogen) atoms. The fourth-order valence-corrected chi connectivity index (χ4v) is 6.25. The summed E-state index contributed by atoms with van der Waals surface area (Å²) in [5, 5.41) is 7.16. The Balaban J connectivity index is 1.20. The number of benzene rings is 4. The average Bonchev–Trinajstić information content (AvgIpc) is 3.06. The van der Waals surface area contributed by atoms with E-state index >= 15 is 0 Å². The maximum Gasteiger partial charge on any atom is 0.150 e. The molecule has 222 valence electrons. The van der Waals surface area contributed by atoms with E-state index in [2.05, 4.69) is 68.8 Å². The van der Waals surface area contributed by atoms with Gasteiger partial charge in [0.05, 0.1) is 12.8 Å². The lowest BCUT2D eigenvalue weighted by Crippen LogP contribution is -2.52. The third kappa shape index (κ3) is 6.85. The summed E-state index contributed by atoms with van der Waals surface area (Å²) >= 11 is 0. The van der Waals surface area contributed by atoms with Gasteiger partial charge in [-0.3, -0.25) is 9.69 Å². The third-order valence-corrected chi connectivity index (χ3v) is 8.75. The topological polar surface area (TPSA) is 60.1 Å². The molecule has 2 fully saturated rings. The predicted molar refractivity (Wildman–Crippen MR) is 178 cm³/mol. The van der Waals surface area contributed by atoms with Crippen LogP contribution in [0.25, 0.3) is 11.1 Å². The first-order valence-electron chi connectivity index (χ1n) is 15.2. The van der Waals surface area contributed by atoms with Gasteiger partial charge in [-0.05, 0) is 67.9 Å². The second-order valence-corrected chi connectivity index (χ2v) is 11.6. The van der Waals surface area contributed by atoms with Gasteiger partial charge in [-0.1, -0.05) is 42.5 Å². The van der Waals surface area contributed by atoms with Gasteiger partial charge < -0.3 is 25.2 Å². The molecule has 2 aliphatic rings. The van der Waals surface area contributed by atoms with Crippen LogP contribution in [0.15, 0.2) is 91.0 Å². The molecule has 0 bridgehead atoms. The smallest absolute Gasteiger partial charge is 0.150 e. The molecule has 2 saturated heterocycles. The van der Waals surface area contributed by atoms with Gasteiger partial charge in [-0.25, -0.2) is 0 Å². The number of aldehydes is 1. The Kier molecular flexibility index (Phi) is 8.91. The monoisotopic (exact) mass is 575 g/mol. The van der Waals surface area contributed by atoms with Crippen molar-refractivity contribution in [2.24, 2.45) is 0 Å². The van der Waals surface area contributed by atoms with Crippen molar-refractivity contribution >= 4 is 34.7 Å². The van der Waals surface area contributed by atoms with Crippen LogP contribution in [-0.4, -0.2) is 75.6 Å². The molecule has 7 nitrogen and oxygen atoms in total. The largest absolute Gasteiger partial charge is 0.494 e. The van der Waals surface area contributed by atoms with E-state index in [-0.39, 0.29) is 0 Å². The number of para-hydroxylation sites is 1. The highest BCUT2D eigenvalue weighted by atomic mass is 16.5. The van der Waals surface area contributed by atoms with Gasteiger partial charge in [0.25, 0.3) is 0 Å². The van der Waals surface area contributed by atoms with Crippen LogP contribution in [0.1, 0.15) is 23.2 Å². The lowest BCUT2D eigenvalue weighted by Gasteiger charge is -2.42. The van der Waals surface area contributed by atoms with Crippen LogP contribution in [0.3, 0.4) is 0 Å². The number of carbonyl (C=O) groups is 1. The Morgan fingerprint density at radius 2 is 1.51 bits per heavy atom. The Labute approximate surface area is 255 Å². The number of piperidine rings is 1.